The zero-order valence-corrected chi connectivity index (χ0v) is 9.22. The van der Waals surface area contributed by atoms with Crippen LogP contribution in [0, 0.1) is 0 Å². The van der Waals surface area contributed by atoms with Crippen molar-refractivity contribution in [3.63, 3.8) is 0 Å². The van der Waals surface area contributed by atoms with Crippen molar-refractivity contribution in [3.05, 3.63) is 40.6 Å². The van der Waals surface area contributed by atoms with Gasteiger partial charge in [0.25, 0.3) is 5.56 Å². The quantitative estimate of drug-likeness (QED) is 0.760. The molecule has 2 heterocycles. The SMILES string of the molecule is O=C(O)c1cc(O)cc(=O)n1CCn1ccnn1. The molecule has 0 aliphatic carbocycles. The van der Waals surface area contributed by atoms with Crippen LogP contribution >= 0.6 is 0 Å². The Kier molecular flexibility index (Phi) is 3.09. The number of aryl methyl sites for hydroxylation is 1. The summed E-state index contributed by atoms with van der Waals surface area (Å²) in [5, 5.41) is 25.5. The van der Waals surface area contributed by atoms with Gasteiger partial charge in [-0.3, -0.25) is 9.48 Å². The van der Waals surface area contributed by atoms with Gasteiger partial charge in [0.15, 0.2) is 0 Å². The molecule has 2 rings (SSSR count). The van der Waals surface area contributed by atoms with Crippen molar-refractivity contribution in [2.45, 2.75) is 13.1 Å². The highest BCUT2D eigenvalue weighted by Crippen LogP contribution is 2.08. The van der Waals surface area contributed by atoms with E-state index in [1.165, 1.54) is 10.9 Å². The highest BCUT2D eigenvalue weighted by atomic mass is 16.4. The lowest BCUT2D eigenvalue weighted by molar-refractivity contribution is 0.0682. The lowest BCUT2D eigenvalue weighted by Crippen LogP contribution is -2.27. The molecule has 8 heteroatoms. The molecule has 2 aromatic rings. The first-order chi connectivity index (χ1) is 8.58. The van der Waals surface area contributed by atoms with Gasteiger partial charge >= 0.3 is 5.97 Å². The van der Waals surface area contributed by atoms with Gasteiger partial charge in [0, 0.05) is 24.9 Å². The van der Waals surface area contributed by atoms with E-state index in [4.69, 9.17) is 5.11 Å². The largest absolute Gasteiger partial charge is 0.508 e. The van der Waals surface area contributed by atoms with Crippen LogP contribution in [0.15, 0.2) is 29.3 Å². The van der Waals surface area contributed by atoms with Gasteiger partial charge in [-0.05, 0) is 0 Å². The van der Waals surface area contributed by atoms with Crippen molar-refractivity contribution in [3.8, 4) is 5.75 Å². The number of carboxylic acids is 1. The van der Waals surface area contributed by atoms with E-state index in [1.807, 2.05) is 0 Å². The molecule has 0 saturated heterocycles. The van der Waals surface area contributed by atoms with Crippen molar-refractivity contribution in [2.24, 2.45) is 0 Å². The van der Waals surface area contributed by atoms with Crippen LogP contribution in [0.3, 0.4) is 0 Å². The first-order valence-corrected chi connectivity index (χ1v) is 5.09. The fraction of sp³-hybridized carbons (Fsp3) is 0.200. The first-order valence-electron chi connectivity index (χ1n) is 5.09. The normalized spacial score (nSPS) is 10.4. The van der Waals surface area contributed by atoms with Crippen LogP contribution in [0.4, 0.5) is 0 Å². The van der Waals surface area contributed by atoms with Crippen LogP contribution in [-0.2, 0) is 13.1 Å². The molecule has 0 saturated carbocycles. The summed E-state index contributed by atoms with van der Waals surface area (Å²) < 4.78 is 2.54. The topological polar surface area (TPSA) is 110 Å². The Morgan fingerprint density at radius 1 is 1.33 bits per heavy atom. The molecule has 0 spiro atoms. The third-order valence-corrected chi connectivity index (χ3v) is 2.36. The van der Waals surface area contributed by atoms with Gasteiger partial charge in [-0.1, -0.05) is 5.21 Å². The van der Waals surface area contributed by atoms with E-state index in [9.17, 15) is 14.7 Å². The number of aromatic hydroxyl groups is 1. The summed E-state index contributed by atoms with van der Waals surface area (Å²) in [6.45, 7) is 0.440. The molecule has 0 radical (unpaired) electrons. The van der Waals surface area contributed by atoms with Crippen molar-refractivity contribution in [2.75, 3.05) is 0 Å². The van der Waals surface area contributed by atoms with Crippen LogP contribution in [0.2, 0.25) is 0 Å². The number of carboxylic acid groups (broad SMARTS) is 1. The molecule has 2 N–H and O–H groups in total. The fourth-order valence-electron chi connectivity index (χ4n) is 1.55. The molecule has 0 amide bonds. The zero-order chi connectivity index (χ0) is 13.1. The minimum atomic E-state index is -1.28. The predicted octanol–water partition coefficient (Wildman–Crippen LogP) is -0.456. The molecule has 94 valence electrons. The summed E-state index contributed by atoms with van der Waals surface area (Å²) in [7, 11) is 0. The van der Waals surface area contributed by atoms with Gasteiger partial charge in [-0.25, -0.2) is 4.79 Å². The van der Waals surface area contributed by atoms with E-state index in [-0.39, 0.29) is 18.0 Å². The summed E-state index contributed by atoms with van der Waals surface area (Å²) in [6.07, 6.45) is 3.09. The van der Waals surface area contributed by atoms with Crippen molar-refractivity contribution < 1.29 is 15.0 Å². The Morgan fingerprint density at radius 2 is 2.11 bits per heavy atom. The fourth-order valence-corrected chi connectivity index (χ4v) is 1.55. The smallest absolute Gasteiger partial charge is 0.352 e. The number of pyridine rings is 1. The van der Waals surface area contributed by atoms with Gasteiger partial charge in [-0.15, -0.1) is 5.10 Å². The second-order valence-electron chi connectivity index (χ2n) is 3.56. The van der Waals surface area contributed by atoms with Crippen LogP contribution in [0.5, 0.6) is 5.75 Å². The summed E-state index contributed by atoms with van der Waals surface area (Å²) in [5.41, 5.74) is -0.840. The van der Waals surface area contributed by atoms with Crippen LogP contribution < -0.4 is 5.56 Å². The number of rotatable bonds is 4. The van der Waals surface area contributed by atoms with E-state index in [0.717, 1.165) is 16.7 Å². The maximum atomic E-state index is 11.6. The summed E-state index contributed by atoms with van der Waals surface area (Å²) in [4.78, 5) is 22.6. The van der Waals surface area contributed by atoms with Gasteiger partial charge in [0.2, 0.25) is 0 Å². The Balaban J connectivity index is 2.31. The van der Waals surface area contributed by atoms with Crippen molar-refractivity contribution >= 4 is 5.97 Å². The lowest BCUT2D eigenvalue weighted by atomic mass is 10.3. The van der Waals surface area contributed by atoms with Gasteiger partial charge in [0.1, 0.15) is 11.4 Å². The summed E-state index contributed by atoms with van der Waals surface area (Å²) in [5.74, 6) is -1.64. The zero-order valence-electron chi connectivity index (χ0n) is 9.22. The van der Waals surface area contributed by atoms with E-state index in [1.54, 1.807) is 6.20 Å². The Morgan fingerprint density at radius 3 is 2.72 bits per heavy atom. The molecule has 2 aromatic heterocycles. The molecule has 0 bridgehead atoms. The molecule has 0 atom stereocenters. The predicted molar refractivity (Wildman–Crippen MR) is 59.3 cm³/mol. The number of aromatic carboxylic acids is 1. The maximum Gasteiger partial charge on any atom is 0.352 e. The van der Waals surface area contributed by atoms with E-state index >= 15 is 0 Å². The van der Waals surface area contributed by atoms with Crippen molar-refractivity contribution in [1.29, 1.82) is 0 Å². The Labute approximate surface area is 101 Å². The van der Waals surface area contributed by atoms with Gasteiger partial charge in [0.05, 0.1) is 12.7 Å². The van der Waals surface area contributed by atoms with Crippen LogP contribution in [-0.4, -0.2) is 35.7 Å². The van der Waals surface area contributed by atoms with Gasteiger partial charge < -0.3 is 14.8 Å². The average Bonchev–Trinajstić information content (AvgIpc) is 2.79. The molecule has 0 aromatic carbocycles. The third-order valence-electron chi connectivity index (χ3n) is 2.36. The molecule has 0 aliphatic rings. The summed E-state index contributed by atoms with van der Waals surface area (Å²) >= 11 is 0. The minimum Gasteiger partial charge on any atom is -0.508 e. The second-order valence-corrected chi connectivity index (χ2v) is 3.56. The monoisotopic (exact) mass is 250 g/mol. The van der Waals surface area contributed by atoms with Crippen LogP contribution in [0.1, 0.15) is 10.5 Å². The molecule has 8 nitrogen and oxygen atoms in total. The first kappa shape index (κ1) is 11.8. The third kappa shape index (κ3) is 2.37. The maximum absolute atomic E-state index is 11.6. The standard InChI is InChI=1S/C10H10N4O4/c15-7-5-8(10(17)18)14(9(16)6-7)4-3-13-2-1-11-12-13/h1-2,5-6,15H,3-4H2,(H,17,18). The van der Waals surface area contributed by atoms with E-state index < -0.39 is 11.5 Å². The highest BCUT2D eigenvalue weighted by Gasteiger charge is 2.12. The molecule has 0 aliphatic heterocycles. The molecular formula is C10H10N4O4. The summed E-state index contributed by atoms with van der Waals surface area (Å²) in [6, 6.07) is 2.00. The number of hydrogen-bond acceptors (Lipinski definition) is 5. The second kappa shape index (κ2) is 4.70. The Hall–Kier alpha value is -2.64. The Bertz CT molecular complexity index is 617. The molecule has 0 fully saturated rings. The average molecular weight is 250 g/mol. The number of hydrogen-bond donors (Lipinski definition) is 2. The lowest BCUT2D eigenvalue weighted by Gasteiger charge is -2.09. The van der Waals surface area contributed by atoms with Crippen molar-refractivity contribution in [1.82, 2.24) is 19.6 Å². The molecular weight excluding hydrogens is 240 g/mol. The number of nitrogens with zero attached hydrogens (tertiary/aromatic N) is 4. The molecule has 0 unspecified atom stereocenters. The highest BCUT2D eigenvalue weighted by molar-refractivity contribution is 5.86. The van der Waals surface area contributed by atoms with E-state index in [0.29, 0.717) is 6.54 Å². The molecule has 18 heavy (non-hydrogen) atoms. The number of carbonyl (C=O) groups is 1. The van der Waals surface area contributed by atoms with Gasteiger partial charge in [-0.2, -0.15) is 0 Å². The minimum absolute atomic E-state index is 0.129. The number of aromatic nitrogens is 4. The van der Waals surface area contributed by atoms with Crippen LogP contribution in [0.25, 0.3) is 0 Å². The van der Waals surface area contributed by atoms with E-state index in [2.05, 4.69) is 10.3 Å².